The molecular weight excluding hydrogens is 266 g/mol. The predicted molar refractivity (Wildman–Crippen MR) is 86.4 cm³/mol. The van der Waals surface area contributed by atoms with Gasteiger partial charge in [-0.15, -0.1) is 0 Å². The van der Waals surface area contributed by atoms with Crippen molar-refractivity contribution in [1.82, 2.24) is 0 Å². The van der Waals surface area contributed by atoms with E-state index in [1.54, 1.807) is 0 Å². The molecule has 2 fully saturated rings. The zero-order valence-electron chi connectivity index (χ0n) is 14.9. The maximum absolute atomic E-state index is 6.09. The summed E-state index contributed by atoms with van der Waals surface area (Å²) in [6.45, 7) is 16.8. The maximum Gasteiger partial charge on any atom is 0.457 e. The smallest absolute Gasteiger partial charge is 0.406 e. The molecular formula is C15H30B2O4. The first kappa shape index (κ1) is 17.3. The van der Waals surface area contributed by atoms with E-state index in [-0.39, 0.29) is 36.6 Å². The van der Waals surface area contributed by atoms with Crippen molar-refractivity contribution in [2.75, 3.05) is 0 Å². The molecule has 2 saturated heterocycles. The van der Waals surface area contributed by atoms with Crippen LogP contribution in [-0.2, 0) is 18.6 Å². The molecule has 0 amide bonds. The van der Waals surface area contributed by atoms with Gasteiger partial charge in [0.1, 0.15) is 0 Å². The van der Waals surface area contributed by atoms with Gasteiger partial charge in [-0.05, 0) is 68.0 Å². The first-order chi connectivity index (χ1) is 9.34. The van der Waals surface area contributed by atoms with Gasteiger partial charge < -0.3 is 18.6 Å². The van der Waals surface area contributed by atoms with Crippen LogP contribution >= 0.6 is 0 Å². The molecule has 0 spiro atoms. The highest BCUT2D eigenvalue weighted by Gasteiger charge is 2.53. The highest BCUT2D eigenvalue weighted by molar-refractivity contribution is 6.45. The predicted octanol–water partition coefficient (Wildman–Crippen LogP) is 3.56. The lowest BCUT2D eigenvalue weighted by Crippen LogP contribution is -2.52. The second-order valence-electron chi connectivity index (χ2n) is 8.44. The van der Waals surface area contributed by atoms with Gasteiger partial charge in [0.05, 0.1) is 22.4 Å². The average Bonchev–Trinajstić information content (AvgIpc) is 2.40. The van der Waals surface area contributed by atoms with Crippen molar-refractivity contribution in [3.63, 3.8) is 0 Å². The lowest BCUT2D eigenvalue weighted by atomic mass is 9.70. The molecule has 0 aromatic carbocycles. The fourth-order valence-electron chi connectivity index (χ4n) is 3.79. The third-order valence-electron chi connectivity index (χ3n) is 4.77. The zero-order chi connectivity index (χ0) is 16.1. The van der Waals surface area contributed by atoms with Crippen molar-refractivity contribution in [2.24, 2.45) is 0 Å². The van der Waals surface area contributed by atoms with Crippen LogP contribution in [0.1, 0.15) is 61.3 Å². The van der Waals surface area contributed by atoms with Crippen LogP contribution in [0.5, 0.6) is 0 Å². The number of hydrogen-bond acceptors (Lipinski definition) is 4. The topological polar surface area (TPSA) is 36.9 Å². The summed E-state index contributed by atoms with van der Waals surface area (Å²) in [4.78, 5) is 0. The summed E-state index contributed by atoms with van der Waals surface area (Å²) in [5.41, 5.74) is -0.913. The minimum absolute atomic E-state index is 0.150. The number of rotatable bonds is 3. The van der Waals surface area contributed by atoms with E-state index in [0.29, 0.717) is 0 Å². The molecule has 2 aliphatic rings. The van der Waals surface area contributed by atoms with Gasteiger partial charge in [0.25, 0.3) is 0 Å². The highest BCUT2D eigenvalue weighted by Crippen LogP contribution is 2.42. The Morgan fingerprint density at radius 1 is 0.810 bits per heavy atom. The minimum atomic E-state index is -0.315. The summed E-state index contributed by atoms with van der Waals surface area (Å²) in [7, 11) is -0.345. The molecule has 1 atom stereocenters. The summed E-state index contributed by atoms with van der Waals surface area (Å²) in [5, 5.41) is 0. The van der Waals surface area contributed by atoms with Crippen molar-refractivity contribution in [1.29, 1.82) is 0 Å². The Hall–Kier alpha value is -0.0301. The molecule has 2 aliphatic heterocycles. The molecule has 1 unspecified atom stereocenters. The number of hydrogen-bond donors (Lipinski definition) is 0. The van der Waals surface area contributed by atoms with Crippen LogP contribution in [0.3, 0.4) is 0 Å². The molecule has 0 bridgehead atoms. The Balaban J connectivity index is 1.99. The van der Waals surface area contributed by atoms with Crippen molar-refractivity contribution in [3.05, 3.63) is 0 Å². The van der Waals surface area contributed by atoms with Gasteiger partial charge in [-0.1, -0.05) is 0 Å². The summed E-state index contributed by atoms with van der Waals surface area (Å²) < 4.78 is 24.1. The van der Waals surface area contributed by atoms with Crippen LogP contribution in [0.15, 0.2) is 0 Å². The van der Waals surface area contributed by atoms with Crippen LogP contribution in [0.4, 0.5) is 0 Å². The SMILES string of the molecule is CB1OC(C)(C)C(C)(CCB2OC(C)(C)CC(C)(C)O2)O1. The van der Waals surface area contributed by atoms with Crippen molar-refractivity contribution in [3.8, 4) is 0 Å². The average molecular weight is 296 g/mol. The lowest BCUT2D eigenvalue weighted by Gasteiger charge is -2.45. The molecule has 0 aromatic rings. The third-order valence-corrected chi connectivity index (χ3v) is 4.77. The fourth-order valence-corrected chi connectivity index (χ4v) is 3.79. The minimum Gasteiger partial charge on any atom is -0.406 e. The van der Waals surface area contributed by atoms with Gasteiger partial charge in [-0.25, -0.2) is 0 Å². The Morgan fingerprint density at radius 2 is 1.33 bits per heavy atom. The van der Waals surface area contributed by atoms with E-state index >= 15 is 0 Å². The van der Waals surface area contributed by atoms with Crippen LogP contribution in [0, 0.1) is 0 Å². The Labute approximate surface area is 130 Å². The molecule has 0 saturated carbocycles. The third kappa shape index (κ3) is 3.84. The maximum atomic E-state index is 6.09. The van der Waals surface area contributed by atoms with Crippen LogP contribution in [0.2, 0.25) is 13.1 Å². The molecule has 120 valence electrons. The molecule has 0 aliphatic carbocycles. The monoisotopic (exact) mass is 296 g/mol. The lowest BCUT2D eigenvalue weighted by molar-refractivity contribution is -0.0796. The second kappa shape index (κ2) is 5.26. The van der Waals surface area contributed by atoms with Gasteiger partial charge >= 0.3 is 14.2 Å². The molecule has 6 heteroatoms. The fraction of sp³-hybridized carbons (Fsp3) is 1.00. The normalized spacial score (nSPS) is 34.3. The van der Waals surface area contributed by atoms with Crippen molar-refractivity contribution in [2.45, 2.75) is 96.9 Å². The molecule has 0 aromatic heterocycles. The van der Waals surface area contributed by atoms with Gasteiger partial charge in [0.15, 0.2) is 0 Å². The van der Waals surface area contributed by atoms with E-state index in [0.717, 1.165) is 19.2 Å². The van der Waals surface area contributed by atoms with Crippen LogP contribution in [-0.4, -0.2) is 36.6 Å². The Bertz CT molecular complexity index is 381. The zero-order valence-corrected chi connectivity index (χ0v) is 14.9. The first-order valence-corrected chi connectivity index (χ1v) is 8.06. The standard InChI is InChI=1S/C15H30B2O4/c1-12(2)11-13(3,4)19-17(18-12)10-9-15(7)14(5,6)20-16(8)21-15/h9-11H2,1-8H3. The largest absolute Gasteiger partial charge is 0.457 e. The molecule has 21 heavy (non-hydrogen) atoms. The molecule has 2 heterocycles. The van der Waals surface area contributed by atoms with Gasteiger partial charge in [0.2, 0.25) is 0 Å². The summed E-state index contributed by atoms with van der Waals surface area (Å²) in [6.07, 6.45) is 2.56. The summed E-state index contributed by atoms with van der Waals surface area (Å²) in [6, 6.07) is 0. The Kier molecular flexibility index (Phi) is 4.34. The van der Waals surface area contributed by atoms with Crippen molar-refractivity contribution < 1.29 is 18.6 Å². The molecule has 0 N–H and O–H groups in total. The first-order valence-electron chi connectivity index (χ1n) is 8.06. The molecule has 0 radical (unpaired) electrons. The van der Waals surface area contributed by atoms with E-state index in [1.807, 2.05) is 6.82 Å². The summed E-state index contributed by atoms with van der Waals surface area (Å²) >= 11 is 0. The van der Waals surface area contributed by atoms with Crippen LogP contribution in [0.25, 0.3) is 0 Å². The van der Waals surface area contributed by atoms with Gasteiger partial charge in [-0.2, -0.15) is 0 Å². The van der Waals surface area contributed by atoms with Gasteiger partial charge in [-0.3, -0.25) is 0 Å². The quantitative estimate of drug-likeness (QED) is 0.746. The van der Waals surface area contributed by atoms with E-state index in [4.69, 9.17) is 18.6 Å². The second-order valence-corrected chi connectivity index (χ2v) is 8.44. The van der Waals surface area contributed by atoms with E-state index in [1.165, 1.54) is 0 Å². The molecule has 2 rings (SSSR count). The highest BCUT2D eigenvalue weighted by atomic mass is 16.7. The van der Waals surface area contributed by atoms with E-state index in [9.17, 15) is 0 Å². The summed E-state index contributed by atoms with van der Waals surface area (Å²) in [5.74, 6) is 0. The Morgan fingerprint density at radius 3 is 1.76 bits per heavy atom. The van der Waals surface area contributed by atoms with E-state index < -0.39 is 0 Å². The van der Waals surface area contributed by atoms with Crippen molar-refractivity contribution >= 4 is 14.2 Å². The van der Waals surface area contributed by atoms with E-state index in [2.05, 4.69) is 48.5 Å². The molecule has 4 nitrogen and oxygen atoms in total. The van der Waals surface area contributed by atoms with Gasteiger partial charge in [0, 0.05) is 6.42 Å². The van der Waals surface area contributed by atoms with Crippen LogP contribution < -0.4 is 0 Å².